The van der Waals surface area contributed by atoms with Crippen molar-refractivity contribution in [1.82, 2.24) is 15.3 Å². The lowest BCUT2D eigenvalue weighted by Crippen LogP contribution is -2.54. The van der Waals surface area contributed by atoms with Crippen LogP contribution in [0.15, 0.2) is 23.6 Å². The van der Waals surface area contributed by atoms with Crippen LogP contribution in [0.5, 0.6) is 0 Å². The number of aliphatic carboxylic acids is 1. The summed E-state index contributed by atoms with van der Waals surface area (Å²) in [5, 5.41) is 13.6. The molecule has 1 rings (SSSR count). The Balaban J connectivity index is 2.48. The van der Waals surface area contributed by atoms with Gasteiger partial charge < -0.3 is 5.11 Å². The highest BCUT2D eigenvalue weighted by Gasteiger charge is 2.36. The highest BCUT2D eigenvalue weighted by molar-refractivity contribution is 7.99. The molecule has 20 heavy (non-hydrogen) atoms. The molecule has 0 fully saturated rings. The zero-order valence-corrected chi connectivity index (χ0v) is 13.1. The predicted octanol–water partition coefficient (Wildman–Crippen LogP) is 2.58. The third-order valence-electron chi connectivity index (χ3n) is 3.13. The van der Waals surface area contributed by atoms with E-state index in [-0.39, 0.29) is 6.04 Å². The highest BCUT2D eigenvalue weighted by Crippen LogP contribution is 2.22. The number of carbonyl (C=O) groups is 1. The molecule has 0 radical (unpaired) electrons. The van der Waals surface area contributed by atoms with Crippen LogP contribution in [0.2, 0.25) is 0 Å². The molecular weight excluding hydrogens is 274 g/mol. The maximum atomic E-state index is 11.6. The largest absolute Gasteiger partial charge is 0.480 e. The fraction of sp³-hybridized carbons (Fsp3) is 0.643. The number of rotatable bonds is 9. The lowest BCUT2D eigenvalue weighted by atomic mass is 9.90. The Morgan fingerprint density at radius 3 is 2.80 bits per heavy atom. The van der Waals surface area contributed by atoms with Gasteiger partial charge in [0, 0.05) is 12.2 Å². The molecule has 0 aliphatic heterocycles. The topological polar surface area (TPSA) is 75.1 Å². The van der Waals surface area contributed by atoms with Crippen molar-refractivity contribution in [3.63, 3.8) is 0 Å². The zero-order chi connectivity index (χ0) is 15.0. The van der Waals surface area contributed by atoms with Crippen LogP contribution in [0.1, 0.15) is 40.0 Å². The van der Waals surface area contributed by atoms with E-state index >= 15 is 0 Å². The lowest BCUT2D eigenvalue weighted by molar-refractivity contribution is -0.145. The summed E-state index contributed by atoms with van der Waals surface area (Å²) in [7, 11) is 0. The second kappa shape index (κ2) is 8.21. The normalized spacial score (nSPS) is 14.2. The van der Waals surface area contributed by atoms with Crippen LogP contribution < -0.4 is 5.32 Å². The first-order valence-electron chi connectivity index (χ1n) is 6.90. The molecule has 0 aliphatic carbocycles. The fourth-order valence-electron chi connectivity index (χ4n) is 2.14. The van der Waals surface area contributed by atoms with Crippen molar-refractivity contribution < 1.29 is 9.90 Å². The van der Waals surface area contributed by atoms with Crippen molar-refractivity contribution in [1.29, 1.82) is 0 Å². The molecule has 0 aromatic carbocycles. The van der Waals surface area contributed by atoms with Gasteiger partial charge in [0.1, 0.15) is 11.9 Å². The summed E-state index contributed by atoms with van der Waals surface area (Å²) in [4.78, 5) is 19.6. The summed E-state index contributed by atoms with van der Waals surface area (Å²) in [6.07, 6.45) is 5.27. The molecule has 1 heterocycles. The Bertz CT molecular complexity index is 414. The molecule has 0 aliphatic rings. The maximum Gasteiger partial charge on any atom is 0.323 e. The molecule has 0 bridgehead atoms. The first kappa shape index (κ1) is 16.9. The summed E-state index contributed by atoms with van der Waals surface area (Å²) in [5.74, 6) is 0.0898. The molecule has 1 aromatic rings. The number of hydrogen-bond acceptors (Lipinski definition) is 5. The molecule has 0 amide bonds. The average molecular weight is 297 g/mol. The summed E-state index contributed by atoms with van der Waals surface area (Å²) < 4.78 is 0. The van der Waals surface area contributed by atoms with E-state index in [2.05, 4.69) is 15.3 Å². The zero-order valence-electron chi connectivity index (χ0n) is 12.3. The number of carboxylic acid groups (broad SMARTS) is 1. The monoisotopic (exact) mass is 297 g/mol. The molecule has 1 unspecified atom stereocenters. The van der Waals surface area contributed by atoms with Crippen molar-refractivity contribution >= 4 is 17.7 Å². The molecule has 1 aromatic heterocycles. The Hall–Kier alpha value is -1.14. The van der Waals surface area contributed by atoms with E-state index in [1.165, 1.54) is 6.33 Å². The van der Waals surface area contributed by atoms with Crippen LogP contribution >= 0.6 is 11.8 Å². The van der Waals surface area contributed by atoms with Crippen molar-refractivity contribution in [3.05, 3.63) is 18.6 Å². The van der Waals surface area contributed by atoms with Gasteiger partial charge in [0.25, 0.3) is 0 Å². The molecule has 2 N–H and O–H groups in total. The number of nitrogens with zero attached hydrogens (tertiary/aromatic N) is 2. The van der Waals surface area contributed by atoms with E-state index in [4.69, 9.17) is 0 Å². The molecule has 6 heteroatoms. The first-order valence-corrected chi connectivity index (χ1v) is 7.88. The van der Waals surface area contributed by atoms with Crippen molar-refractivity contribution in [2.24, 2.45) is 0 Å². The molecule has 112 valence electrons. The van der Waals surface area contributed by atoms with Crippen LogP contribution in [0.25, 0.3) is 0 Å². The number of nitrogens with one attached hydrogen (secondary N) is 1. The van der Waals surface area contributed by atoms with Crippen molar-refractivity contribution in [3.8, 4) is 0 Å². The minimum Gasteiger partial charge on any atom is -0.480 e. The smallest absolute Gasteiger partial charge is 0.323 e. The van der Waals surface area contributed by atoms with Gasteiger partial charge in [-0.25, -0.2) is 9.97 Å². The SMILES string of the molecule is CCC(CCCSc1ccncn1)(NC(C)C)C(=O)O. The Morgan fingerprint density at radius 2 is 2.30 bits per heavy atom. The molecule has 0 spiro atoms. The van der Waals surface area contributed by atoms with Gasteiger partial charge in [-0.15, -0.1) is 11.8 Å². The summed E-state index contributed by atoms with van der Waals surface area (Å²) in [6, 6.07) is 2.02. The van der Waals surface area contributed by atoms with Crippen LogP contribution in [-0.4, -0.2) is 38.4 Å². The second-order valence-electron chi connectivity index (χ2n) is 5.04. The molecule has 5 nitrogen and oxygen atoms in total. The minimum absolute atomic E-state index is 0.153. The molecule has 1 atom stereocenters. The molecule has 0 saturated heterocycles. The molecule has 0 saturated carbocycles. The van der Waals surface area contributed by atoms with Crippen LogP contribution in [0, 0.1) is 0 Å². The van der Waals surface area contributed by atoms with Crippen LogP contribution in [0.3, 0.4) is 0 Å². The molecular formula is C14H23N3O2S. The highest BCUT2D eigenvalue weighted by atomic mass is 32.2. The standard InChI is InChI=1S/C14H23N3O2S/c1-4-14(13(18)19,17-11(2)3)7-5-9-20-12-6-8-15-10-16-12/h6,8,10-11,17H,4-5,7,9H2,1-3H3,(H,18,19). The van der Waals surface area contributed by atoms with E-state index in [1.54, 1.807) is 18.0 Å². The minimum atomic E-state index is -0.819. The van der Waals surface area contributed by atoms with Gasteiger partial charge >= 0.3 is 5.97 Å². The number of hydrogen-bond donors (Lipinski definition) is 2. The first-order chi connectivity index (χ1) is 9.50. The summed E-state index contributed by atoms with van der Waals surface area (Å²) in [6.45, 7) is 5.87. The Labute approximate surface area is 124 Å². The van der Waals surface area contributed by atoms with Gasteiger partial charge in [0.2, 0.25) is 0 Å². The average Bonchev–Trinajstić information content (AvgIpc) is 2.42. The van der Waals surface area contributed by atoms with Crippen LogP contribution in [0.4, 0.5) is 0 Å². The van der Waals surface area contributed by atoms with E-state index in [1.807, 2.05) is 26.8 Å². The van der Waals surface area contributed by atoms with E-state index in [0.29, 0.717) is 12.8 Å². The van der Waals surface area contributed by atoms with E-state index in [0.717, 1.165) is 17.2 Å². The number of carboxylic acids is 1. The van der Waals surface area contributed by atoms with Crippen LogP contribution in [-0.2, 0) is 4.79 Å². The van der Waals surface area contributed by atoms with Gasteiger partial charge in [0.05, 0.1) is 5.03 Å². The number of thioether (sulfide) groups is 1. The third kappa shape index (κ3) is 5.09. The quantitative estimate of drug-likeness (QED) is 0.414. The maximum absolute atomic E-state index is 11.6. The van der Waals surface area contributed by atoms with E-state index in [9.17, 15) is 9.90 Å². The fourth-order valence-corrected chi connectivity index (χ4v) is 2.91. The second-order valence-corrected chi connectivity index (χ2v) is 6.15. The Kier molecular flexibility index (Phi) is 6.95. The summed E-state index contributed by atoms with van der Waals surface area (Å²) in [5.41, 5.74) is -0.819. The van der Waals surface area contributed by atoms with Gasteiger partial charge in [-0.05, 0) is 44.9 Å². The number of aromatic nitrogens is 2. The summed E-state index contributed by atoms with van der Waals surface area (Å²) >= 11 is 1.63. The van der Waals surface area contributed by atoms with Gasteiger partial charge in [-0.1, -0.05) is 6.92 Å². The van der Waals surface area contributed by atoms with Gasteiger partial charge in [-0.2, -0.15) is 0 Å². The van der Waals surface area contributed by atoms with Crippen molar-refractivity contribution in [2.45, 2.75) is 56.6 Å². The van der Waals surface area contributed by atoms with E-state index < -0.39 is 11.5 Å². The Morgan fingerprint density at radius 1 is 1.55 bits per heavy atom. The third-order valence-corrected chi connectivity index (χ3v) is 4.16. The predicted molar refractivity (Wildman–Crippen MR) is 80.9 cm³/mol. The lowest BCUT2D eigenvalue weighted by Gasteiger charge is -2.31. The van der Waals surface area contributed by atoms with Gasteiger partial charge in [-0.3, -0.25) is 10.1 Å². The van der Waals surface area contributed by atoms with Crippen molar-refractivity contribution in [2.75, 3.05) is 5.75 Å². The van der Waals surface area contributed by atoms with Gasteiger partial charge in [0.15, 0.2) is 0 Å².